The number of hydrogen-bond acceptors (Lipinski definition) is 11. The van der Waals surface area contributed by atoms with Crippen LogP contribution in [0.2, 0.25) is 0 Å². The van der Waals surface area contributed by atoms with Crippen LogP contribution in [0, 0.1) is 10.1 Å². The molecule has 2 aromatic rings. The topological polar surface area (TPSA) is 200 Å². The first-order valence-corrected chi connectivity index (χ1v) is 9.03. The molecule has 0 bridgehead atoms. The molecule has 14 heteroatoms. The van der Waals surface area contributed by atoms with Gasteiger partial charge in [-0.25, -0.2) is 8.42 Å². The monoisotopic (exact) mass is 471 g/mol. The summed E-state index contributed by atoms with van der Waals surface area (Å²) in [6, 6.07) is 8.81. The van der Waals surface area contributed by atoms with Crippen molar-refractivity contribution in [1.82, 2.24) is 0 Å². The van der Waals surface area contributed by atoms with Crippen LogP contribution in [0.25, 0.3) is 0 Å². The number of non-ortho nitro benzene ring substituents is 1. The van der Waals surface area contributed by atoms with E-state index in [2.05, 4.69) is 15.5 Å². The zero-order valence-corrected chi connectivity index (χ0v) is 17.1. The number of nitrogens with zero attached hydrogens (tertiary/aromatic N) is 3. The first kappa shape index (κ1) is 24.7. The van der Waals surface area contributed by atoms with Gasteiger partial charge in [0.05, 0.1) is 15.5 Å². The number of hydrogen-bond donors (Lipinski definition) is 1. The number of nitro benzene ring substituents is 1. The second-order valence-corrected chi connectivity index (χ2v) is 6.78. The van der Waals surface area contributed by atoms with E-state index in [0.717, 1.165) is 6.92 Å². The normalized spacial score (nSPS) is 12.1. The Kier molecular flexibility index (Phi) is 8.20. The number of nitro groups is 1. The first-order chi connectivity index (χ1) is 13.5. The van der Waals surface area contributed by atoms with E-state index in [-0.39, 0.29) is 17.4 Å². The molecule has 2 aromatic carbocycles. The number of ketones is 1. The van der Waals surface area contributed by atoms with Gasteiger partial charge in [0, 0.05) is 24.7 Å². The molecule has 0 heterocycles. The van der Waals surface area contributed by atoms with Crippen molar-refractivity contribution in [3.63, 3.8) is 0 Å². The fraction of sp³-hybridized carbons (Fsp3) is 0.0625. The molecule has 1 radical (unpaired) electrons. The third kappa shape index (κ3) is 6.09. The van der Waals surface area contributed by atoms with E-state index in [9.17, 15) is 38.1 Å². The Morgan fingerprint density at radius 2 is 1.77 bits per heavy atom. The van der Waals surface area contributed by atoms with Crippen LogP contribution in [0.15, 0.2) is 69.2 Å². The molecule has 0 fully saturated rings. The number of benzene rings is 2. The van der Waals surface area contributed by atoms with Gasteiger partial charge in [-0.3, -0.25) is 14.9 Å². The van der Waals surface area contributed by atoms with E-state index in [1.807, 2.05) is 0 Å². The minimum Gasteiger partial charge on any atom is -0.870 e. The summed E-state index contributed by atoms with van der Waals surface area (Å²) >= 11 is 0. The Morgan fingerprint density at radius 3 is 2.27 bits per heavy atom. The zero-order valence-electron chi connectivity index (χ0n) is 15.0. The maximum Gasteiger partial charge on any atom is 3.00 e. The van der Waals surface area contributed by atoms with Crippen LogP contribution in [0.5, 0.6) is 5.75 Å². The quantitative estimate of drug-likeness (QED) is 0.152. The Hall–Kier alpha value is -3.31. The van der Waals surface area contributed by atoms with Crippen molar-refractivity contribution in [3.05, 3.63) is 64.2 Å². The maximum atomic E-state index is 12.2. The standard InChI is InChI=1S/C16H14N4O8S.Cr/c1-9(21)14(16(23)17-10-5-3-2-4-6-10)19-18-12-7-11(20(24)25)8-13(15(12)22)29(26,27)28;/h2-8,17,22-23H,1H3,(H,26,27,28);/q;+3/p-3. The summed E-state index contributed by atoms with van der Waals surface area (Å²) in [5, 5.41) is 44.2. The summed E-state index contributed by atoms with van der Waals surface area (Å²) in [5.41, 5.74) is -2.25. The Morgan fingerprint density at radius 1 is 1.17 bits per heavy atom. The smallest absolute Gasteiger partial charge is 0.870 e. The van der Waals surface area contributed by atoms with E-state index in [1.54, 1.807) is 18.2 Å². The largest absolute Gasteiger partial charge is 3.00 e. The van der Waals surface area contributed by atoms with Crippen LogP contribution in [0.3, 0.4) is 0 Å². The molecule has 0 aliphatic carbocycles. The van der Waals surface area contributed by atoms with Gasteiger partial charge in [-0.1, -0.05) is 23.9 Å². The van der Waals surface area contributed by atoms with Crippen LogP contribution < -0.4 is 15.5 Å². The van der Waals surface area contributed by atoms with Gasteiger partial charge in [0.25, 0.3) is 5.69 Å². The molecule has 0 aliphatic heterocycles. The van der Waals surface area contributed by atoms with Crippen LogP contribution in [-0.2, 0) is 32.3 Å². The number of azo groups is 1. The zero-order chi connectivity index (χ0) is 21.8. The van der Waals surface area contributed by atoms with Crippen LogP contribution in [-0.4, -0.2) is 23.7 Å². The number of carbonyl (C=O) groups excluding carboxylic acids is 1. The van der Waals surface area contributed by atoms with Crippen molar-refractivity contribution in [2.75, 3.05) is 5.32 Å². The molecule has 0 spiro atoms. The number of nitrogens with one attached hydrogen (secondary N) is 1. The van der Waals surface area contributed by atoms with Crippen LogP contribution in [0.1, 0.15) is 6.92 Å². The molecule has 0 saturated heterocycles. The van der Waals surface area contributed by atoms with Crippen molar-refractivity contribution in [3.8, 4) is 5.75 Å². The minimum absolute atomic E-state index is 0. The fourth-order valence-electron chi connectivity index (χ4n) is 2.03. The molecule has 0 saturated carbocycles. The van der Waals surface area contributed by atoms with E-state index in [4.69, 9.17) is 0 Å². The van der Waals surface area contributed by atoms with Gasteiger partial charge < -0.3 is 20.1 Å². The number of allylic oxidation sites excluding steroid dienone is 1. The number of Topliss-reactive ketones (excluding diaryl/α,β-unsaturated/α-hetero) is 1. The van der Waals surface area contributed by atoms with Gasteiger partial charge in [0.1, 0.15) is 15.8 Å². The Labute approximate surface area is 180 Å². The van der Waals surface area contributed by atoms with Crippen molar-refractivity contribution in [2.45, 2.75) is 11.8 Å². The molecule has 155 valence electrons. The van der Waals surface area contributed by atoms with E-state index in [1.165, 1.54) is 12.1 Å². The predicted octanol–water partition coefficient (Wildman–Crippen LogP) is 0.884. The van der Waals surface area contributed by atoms with E-state index < -0.39 is 54.4 Å². The summed E-state index contributed by atoms with van der Waals surface area (Å²) in [6.45, 7) is 0.984. The molecule has 2 rings (SSSR count). The predicted molar refractivity (Wildman–Crippen MR) is 92.8 cm³/mol. The average Bonchev–Trinajstić information content (AvgIpc) is 2.62. The fourth-order valence-corrected chi connectivity index (χ4v) is 2.63. The summed E-state index contributed by atoms with van der Waals surface area (Å²) in [4.78, 5) is 20.2. The molecular weight excluding hydrogens is 460 g/mol. The molecule has 30 heavy (non-hydrogen) atoms. The number of anilines is 1. The summed E-state index contributed by atoms with van der Waals surface area (Å²) in [5.74, 6) is -3.29. The second kappa shape index (κ2) is 9.94. The third-order valence-electron chi connectivity index (χ3n) is 3.34. The summed E-state index contributed by atoms with van der Waals surface area (Å²) in [7, 11) is -5.35. The Balaban J connectivity index is 0.00000450. The number of carbonyl (C=O) groups is 1. The minimum atomic E-state index is -5.35. The van der Waals surface area contributed by atoms with Crippen LogP contribution in [0.4, 0.5) is 17.1 Å². The van der Waals surface area contributed by atoms with Crippen molar-refractivity contribution in [2.24, 2.45) is 10.2 Å². The molecule has 12 nitrogen and oxygen atoms in total. The molecule has 0 unspecified atom stereocenters. The van der Waals surface area contributed by atoms with Crippen molar-refractivity contribution >= 4 is 33.0 Å². The molecule has 0 atom stereocenters. The number of para-hydroxylation sites is 1. The SMILES string of the molecule is CC(=O)C(N=Nc1cc([N+](=O)[O-])cc(S(=O)(=O)[O-])c1[O-])=C([O-])Nc1ccccc1.[Cr+3]. The van der Waals surface area contributed by atoms with Gasteiger partial charge in [-0.2, -0.15) is 5.11 Å². The Bertz CT molecular complexity index is 1130. The van der Waals surface area contributed by atoms with Gasteiger partial charge in [0.2, 0.25) is 0 Å². The molecule has 0 amide bonds. The third-order valence-corrected chi connectivity index (χ3v) is 4.18. The number of rotatable bonds is 7. The van der Waals surface area contributed by atoms with Gasteiger partial charge in [-0.15, -0.1) is 5.11 Å². The van der Waals surface area contributed by atoms with E-state index in [0.29, 0.717) is 17.8 Å². The summed E-state index contributed by atoms with van der Waals surface area (Å²) in [6.07, 6.45) is 0. The molecular formula is C16H11CrN4O8S. The van der Waals surface area contributed by atoms with Crippen LogP contribution >= 0.6 is 0 Å². The molecule has 0 aromatic heterocycles. The second-order valence-electron chi connectivity index (χ2n) is 5.43. The molecule has 0 aliphatic rings. The summed E-state index contributed by atoms with van der Waals surface area (Å²) < 4.78 is 33.5. The van der Waals surface area contributed by atoms with Gasteiger partial charge in [0.15, 0.2) is 5.78 Å². The molecule has 1 N–H and O–H groups in total. The first-order valence-electron chi connectivity index (χ1n) is 7.62. The van der Waals surface area contributed by atoms with E-state index >= 15 is 0 Å². The maximum absolute atomic E-state index is 12.2. The van der Waals surface area contributed by atoms with Gasteiger partial charge in [-0.05, 0) is 18.0 Å². The van der Waals surface area contributed by atoms with Crippen molar-refractivity contribution in [1.29, 1.82) is 0 Å². The van der Waals surface area contributed by atoms with Crippen molar-refractivity contribution < 1.29 is 50.3 Å². The average molecular weight is 471 g/mol. The van der Waals surface area contributed by atoms with Gasteiger partial charge >= 0.3 is 17.4 Å².